The van der Waals surface area contributed by atoms with E-state index in [1.165, 1.54) is 12.8 Å². The van der Waals surface area contributed by atoms with Crippen molar-refractivity contribution in [1.82, 2.24) is 25.1 Å². The van der Waals surface area contributed by atoms with E-state index in [2.05, 4.69) is 20.5 Å². The summed E-state index contributed by atoms with van der Waals surface area (Å²) in [7, 11) is -3.41. The van der Waals surface area contributed by atoms with Crippen molar-refractivity contribution in [2.24, 2.45) is 0 Å². The Morgan fingerprint density at radius 2 is 1.87 bits per heavy atom. The molecule has 160 valence electrons. The zero-order chi connectivity index (χ0) is 21.4. The molecule has 1 saturated carbocycles. The average molecular weight is 438 g/mol. The molecule has 5 rings (SSSR count). The maximum absolute atomic E-state index is 12.5. The summed E-state index contributed by atoms with van der Waals surface area (Å²) in [4.78, 5) is 4.68. The maximum atomic E-state index is 12.5. The fourth-order valence-corrected chi connectivity index (χ4v) is 5.29. The van der Waals surface area contributed by atoms with Gasteiger partial charge in [-0.1, -0.05) is 40.9 Å². The van der Waals surface area contributed by atoms with Crippen molar-refractivity contribution in [2.45, 2.75) is 50.0 Å². The van der Waals surface area contributed by atoms with Gasteiger partial charge in [-0.2, -0.15) is 4.98 Å². The summed E-state index contributed by atoms with van der Waals surface area (Å²) in [5.74, 6) is 0.618. The van der Waals surface area contributed by atoms with Crippen LogP contribution in [-0.2, 0) is 16.3 Å². The standard InChI is InChI=1S/C22H23N5O3S/c1-15-6-9-18(10-7-15)31(28,29)13-12-21-23-22(25-30-21)16-8-11-20-19(14-16)24-26-27(20)17-4-2-3-5-17/h6-11,14,17H,2-5,12-13H2,1H3. The van der Waals surface area contributed by atoms with E-state index in [0.717, 1.165) is 35.0 Å². The molecule has 9 heteroatoms. The lowest BCUT2D eigenvalue weighted by molar-refractivity contribution is 0.382. The number of rotatable bonds is 6. The Labute approximate surface area is 180 Å². The highest BCUT2D eigenvalue weighted by atomic mass is 32.2. The van der Waals surface area contributed by atoms with E-state index in [0.29, 0.717) is 22.7 Å². The molecule has 0 bridgehead atoms. The first kappa shape index (κ1) is 19.9. The summed E-state index contributed by atoms with van der Waals surface area (Å²) in [5, 5.41) is 12.7. The zero-order valence-corrected chi connectivity index (χ0v) is 18.0. The highest BCUT2D eigenvalue weighted by Gasteiger charge is 2.21. The third kappa shape index (κ3) is 3.97. The maximum Gasteiger partial charge on any atom is 0.227 e. The van der Waals surface area contributed by atoms with Crippen LogP contribution < -0.4 is 0 Å². The van der Waals surface area contributed by atoms with E-state index in [4.69, 9.17) is 4.52 Å². The van der Waals surface area contributed by atoms with Crippen LogP contribution in [-0.4, -0.2) is 39.3 Å². The van der Waals surface area contributed by atoms with Crippen LogP contribution in [0.2, 0.25) is 0 Å². The normalized spacial score (nSPS) is 15.1. The van der Waals surface area contributed by atoms with Gasteiger partial charge in [0.25, 0.3) is 0 Å². The predicted molar refractivity (Wildman–Crippen MR) is 115 cm³/mol. The van der Waals surface area contributed by atoms with Crippen molar-refractivity contribution in [2.75, 3.05) is 5.75 Å². The van der Waals surface area contributed by atoms with E-state index >= 15 is 0 Å². The number of hydrogen-bond acceptors (Lipinski definition) is 7. The molecule has 8 nitrogen and oxygen atoms in total. The first-order valence-corrected chi connectivity index (χ1v) is 12.1. The van der Waals surface area contributed by atoms with Gasteiger partial charge in [-0.05, 0) is 50.1 Å². The lowest BCUT2D eigenvalue weighted by Gasteiger charge is -2.09. The first-order valence-electron chi connectivity index (χ1n) is 10.5. The number of nitrogens with zero attached hydrogens (tertiary/aromatic N) is 5. The third-order valence-electron chi connectivity index (χ3n) is 5.83. The lowest BCUT2D eigenvalue weighted by atomic mass is 10.1. The van der Waals surface area contributed by atoms with Gasteiger partial charge in [0.05, 0.1) is 22.2 Å². The first-order chi connectivity index (χ1) is 15.0. The smallest absolute Gasteiger partial charge is 0.227 e. The molecule has 2 aromatic carbocycles. The molecule has 2 heterocycles. The van der Waals surface area contributed by atoms with Crippen LogP contribution in [0.4, 0.5) is 0 Å². The Morgan fingerprint density at radius 3 is 2.65 bits per heavy atom. The van der Waals surface area contributed by atoms with Crippen molar-refractivity contribution in [1.29, 1.82) is 0 Å². The van der Waals surface area contributed by atoms with Gasteiger partial charge in [-0.15, -0.1) is 5.10 Å². The number of aryl methyl sites for hydroxylation is 2. The molecule has 31 heavy (non-hydrogen) atoms. The van der Waals surface area contributed by atoms with Crippen LogP contribution in [0.1, 0.15) is 43.2 Å². The zero-order valence-electron chi connectivity index (χ0n) is 17.2. The number of aromatic nitrogens is 5. The van der Waals surface area contributed by atoms with Gasteiger partial charge >= 0.3 is 0 Å². The van der Waals surface area contributed by atoms with Crippen LogP contribution in [0.25, 0.3) is 22.4 Å². The van der Waals surface area contributed by atoms with Crippen LogP contribution in [0.5, 0.6) is 0 Å². The van der Waals surface area contributed by atoms with Gasteiger partial charge in [-0.25, -0.2) is 13.1 Å². The molecule has 1 fully saturated rings. The van der Waals surface area contributed by atoms with E-state index in [-0.39, 0.29) is 12.2 Å². The highest BCUT2D eigenvalue weighted by molar-refractivity contribution is 7.91. The van der Waals surface area contributed by atoms with E-state index in [1.807, 2.05) is 29.8 Å². The van der Waals surface area contributed by atoms with E-state index in [1.54, 1.807) is 24.3 Å². The molecular formula is C22H23N5O3S. The average Bonchev–Trinajstić information content (AvgIpc) is 3.52. The van der Waals surface area contributed by atoms with Gasteiger partial charge in [0.15, 0.2) is 9.84 Å². The third-order valence-corrected chi connectivity index (χ3v) is 7.56. The Balaban J connectivity index is 1.32. The van der Waals surface area contributed by atoms with Crippen molar-refractivity contribution in [3.05, 3.63) is 53.9 Å². The van der Waals surface area contributed by atoms with Crippen LogP contribution in [0.15, 0.2) is 51.9 Å². The second-order valence-electron chi connectivity index (χ2n) is 8.07. The predicted octanol–water partition coefficient (Wildman–Crippen LogP) is 3.92. The minimum Gasteiger partial charge on any atom is -0.339 e. The van der Waals surface area contributed by atoms with Crippen molar-refractivity contribution in [3.8, 4) is 11.4 Å². The van der Waals surface area contributed by atoms with E-state index in [9.17, 15) is 8.42 Å². The van der Waals surface area contributed by atoms with Gasteiger partial charge < -0.3 is 4.52 Å². The fraction of sp³-hybridized carbons (Fsp3) is 0.364. The molecule has 0 amide bonds. The molecule has 1 aliphatic carbocycles. The summed E-state index contributed by atoms with van der Waals surface area (Å²) in [6, 6.07) is 13.0. The lowest BCUT2D eigenvalue weighted by Crippen LogP contribution is -2.09. The topological polar surface area (TPSA) is 104 Å². The molecule has 0 saturated heterocycles. The van der Waals surface area contributed by atoms with Crippen LogP contribution in [0.3, 0.4) is 0 Å². The number of benzene rings is 2. The number of sulfone groups is 1. The summed E-state index contributed by atoms with van der Waals surface area (Å²) in [6.45, 7) is 1.92. The van der Waals surface area contributed by atoms with Gasteiger partial charge in [0, 0.05) is 12.0 Å². The molecule has 4 aromatic rings. The second kappa shape index (κ2) is 7.88. The Morgan fingerprint density at radius 1 is 1.10 bits per heavy atom. The van der Waals surface area contributed by atoms with Gasteiger partial charge in [0.2, 0.25) is 11.7 Å². The molecule has 0 atom stereocenters. The molecule has 0 spiro atoms. The largest absolute Gasteiger partial charge is 0.339 e. The Hall–Kier alpha value is -3.07. The molecule has 0 aliphatic heterocycles. The molecule has 2 aromatic heterocycles. The van der Waals surface area contributed by atoms with E-state index < -0.39 is 9.84 Å². The van der Waals surface area contributed by atoms with Crippen molar-refractivity contribution in [3.63, 3.8) is 0 Å². The second-order valence-corrected chi connectivity index (χ2v) is 10.2. The SMILES string of the molecule is Cc1ccc(S(=O)(=O)CCc2nc(-c3ccc4c(c3)nnn4C3CCCC3)no2)cc1. The van der Waals surface area contributed by atoms with Crippen molar-refractivity contribution >= 4 is 20.9 Å². The van der Waals surface area contributed by atoms with Crippen LogP contribution >= 0.6 is 0 Å². The van der Waals surface area contributed by atoms with Gasteiger partial charge in [-0.3, -0.25) is 0 Å². The van der Waals surface area contributed by atoms with Crippen LogP contribution in [0, 0.1) is 6.92 Å². The Bertz CT molecular complexity index is 1320. The summed E-state index contributed by atoms with van der Waals surface area (Å²) >= 11 is 0. The minimum atomic E-state index is -3.41. The number of hydrogen-bond donors (Lipinski definition) is 0. The molecule has 1 aliphatic rings. The number of fused-ring (bicyclic) bond motifs is 1. The quantitative estimate of drug-likeness (QED) is 0.450. The Kier molecular flexibility index (Phi) is 5.05. The molecule has 0 radical (unpaired) electrons. The summed E-state index contributed by atoms with van der Waals surface area (Å²) in [5.41, 5.74) is 3.57. The minimum absolute atomic E-state index is 0.0908. The highest BCUT2D eigenvalue weighted by Crippen LogP contribution is 2.31. The monoisotopic (exact) mass is 437 g/mol. The summed E-state index contributed by atoms with van der Waals surface area (Å²) in [6.07, 6.45) is 4.90. The molecular weight excluding hydrogens is 414 g/mol. The summed E-state index contributed by atoms with van der Waals surface area (Å²) < 4.78 is 32.4. The van der Waals surface area contributed by atoms with Gasteiger partial charge in [0.1, 0.15) is 5.52 Å². The molecule has 0 N–H and O–H groups in total. The fourth-order valence-electron chi connectivity index (χ4n) is 4.06. The molecule has 0 unspecified atom stereocenters. The van der Waals surface area contributed by atoms with Crippen molar-refractivity contribution < 1.29 is 12.9 Å².